The van der Waals surface area contributed by atoms with Crippen molar-refractivity contribution in [2.45, 2.75) is 27.2 Å². The molecule has 2 rings (SSSR count). The van der Waals surface area contributed by atoms with Gasteiger partial charge in [0.15, 0.2) is 5.96 Å². The van der Waals surface area contributed by atoms with Crippen LogP contribution in [-0.2, 0) is 4.79 Å². The highest BCUT2D eigenvalue weighted by atomic mass is 19.1. The topological polar surface area (TPSA) is 56.7 Å². The van der Waals surface area contributed by atoms with Crippen molar-refractivity contribution in [1.29, 1.82) is 0 Å². The van der Waals surface area contributed by atoms with Crippen LogP contribution in [0.2, 0.25) is 0 Å². The number of hydrogen-bond acceptors (Lipinski definition) is 2. The van der Waals surface area contributed by atoms with E-state index in [9.17, 15) is 9.18 Å². The normalized spacial score (nSPS) is 21.5. The summed E-state index contributed by atoms with van der Waals surface area (Å²) in [4.78, 5) is 18.8. The lowest BCUT2D eigenvalue weighted by Crippen LogP contribution is -2.48. The third-order valence-electron chi connectivity index (χ3n) is 4.00. The summed E-state index contributed by atoms with van der Waals surface area (Å²) in [5, 5.41) is 5.99. The molecule has 1 saturated heterocycles. The van der Waals surface area contributed by atoms with Gasteiger partial charge in [0, 0.05) is 25.3 Å². The van der Waals surface area contributed by atoms with E-state index >= 15 is 0 Å². The van der Waals surface area contributed by atoms with Gasteiger partial charge in [0.25, 0.3) is 0 Å². The molecular formula is C18H27FN4O. The SMILES string of the molecule is CCNC(=NCC(=O)Nc1ccc(F)cc1)N1CC(C)CC(C)C1. The van der Waals surface area contributed by atoms with Crippen molar-refractivity contribution < 1.29 is 9.18 Å². The van der Waals surface area contributed by atoms with Crippen molar-refractivity contribution in [2.75, 3.05) is 31.5 Å². The standard InChI is InChI=1S/C18H27FN4O/c1-4-20-18(23-11-13(2)9-14(3)12-23)21-10-17(24)22-16-7-5-15(19)6-8-16/h5-8,13-14H,4,9-12H2,1-3H3,(H,20,21)(H,22,24). The Bertz CT molecular complexity index is 563. The number of likely N-dealkylation sites (tertiary alicyclic amines) is 1. The predicted molar refractivity (Wildman–Crippen MR) is 95.5 cm³/mol. The lowest BCUT2D eigenvalue weighted by molar-refractivity contribution is -0.114. The fraction of sp³-hybridized carbons (Fsp3) is 0.556. The third kappa shape index (κ3) is 5.51. The Balaban J connectivity index is 1.96. The van der Waals surface area contributed by atoms with E-state index in [4.69, 9.17) is 0 Å². The van der Waals surface area contributed by atoms with Gasteiger partial charge in [0.05, 0.1) is 0 Å². The highest BCUT2D eigenvalue weighted by Gasteiger charge is 2.24. The summed E-state index contributed by atoms with van der Waals surface area (Å²) in [6.07, 6.45) is 1.22. The van der Waals surface area contributed by atoms with Crippen LogP contribution in [0.15, 0.2) is 29.3 Å². The van der Waals surface area contributed by atoms with E-state index in [1.165, 1.54) is 30.7 Å². The predicted octanol–water partition coefficient (Wildman–Crippen LogP) is 2.71. The second-order valence-corrected chi connectivity index (χ2v) is 6.58. The van der Waals surface area contributed by atoms with Crippen LogP contribution in [0.1, 0.15) is 27.2 Å². The van der Waals surface area contributed by atoms with Gasteiger partial charge < -0.3 is 15.5 Å². The Morgan fingerprint density at radius 2 is 1.88 bits per heavy atom. The fourth-order valence-corrected chi connectivity index (χ4v) is 3.14. The molecule has 0 aliphatic carbocycles. The van der Waals surface area contributed by atoms with Crippen molar-refractivity contribution in [3.63, 3.8) is 0 Å². The molecule has 2 unspecified atom stereocenters. The lowest BCUT2D eigenvalue weighted by Gasteiger charge is -2.37. The molecule has 1 fully saturated rings. The number of amides is 1. The van der Waals surface area contributed by atoms with Crippen LogP contribution in [-0.4, -0.2) is 42.9 Å². The van der Waals surface area contributed by atoms with Crippen molar-refractivity contribution in [3.8, 4) is 0 Å². The highest BCUT2D eigenvalue weighted by Crippen LogP contribution is 2.20. The fourth-order valence-electron chi connectivity index (χ4n) is 3.14. The molecule has 1 heterocycles. The number of hydrogen-bond donors (Lipinski definition) is 2. The molecule has 1 aliphatic rings. The van der Waals surface area contributed by atoms with Crippen LogP contribution < -0.4 is 10.6 Å². The van der Waals surface area contributed by atoms with Gasteiger partial charge in [-0.05, 0) is 49.4 Å². The second kappa shape index (κ2) is 8.66. The molecule has 24 heavy (non-hydrogen) atoms. The second-order valence-electron chi connectivity index (χ2n) is 6.58. The molecule has 132 valence electrons. The minimum Gasteiger partial charge on any atom is -0.357 e. The molecule has 6 heteroatoms. The Morgan fingerprint density at radius 1 is 1.25 bits per heavy atom. The number of carbonyl (C=O) groups excluding carboxylic acids is 1. The smallest absolute Gasteiger partial charge is 0.246 e. The molecule has 0 aromatic heterocycles. The number of guanidine groups is 1. The van der Waals surface area contributed by atoms with E-state index < -0.39 is 0 Å². The maximum absolute atomic E-state index is 12.9. The molecule has 0 radical (unpaired) electrons. The van der Waals surface area contributed by atoms with Gasteiger partial charge in [0.1, 0.15) is 12.4 Å². The van der Waals surface area contributed by atoms with E-state index in [1.54, 1.807) is 0 Å². The zero-order valence-corrected chi connectivity index (χ0v) is 14.7. The zero-order valence-electron chi connectivity index (χ0n) is 14.7. The first-order chi connectivity index (χ1) is 11.5. The molecule has 2 atom stereocenters. The first-order valence-electron chi connectivity index (χ1n) is 8.56. The molecular weight excluding hydrogens is 307 g/mol. The summed E-state index contributed by atoms with van der Waals surface area (Å²) in [6.45, 7) is 9.22. The number of benzene rings is 1. The van der Waals surface area contributed by atoms with Gasteiger partial charge in [0.2, 0.25) is 5.91 Å². The first kappa shape index (κ1) is 18.2. The highest BCUT2D eigenvalue weighted by molar-refractivity contribution is 5.94. The average molecular weight is 334 g/mol. The van der Waals surface area contributed by atoms with Crippen LogP contribution in [0.5, 0.6) is 0 Å². The number of halogens is 1. The number of nitrogens with one attached hydrogen (secondary N) is 2. The van der Waals surface area contributed by atoms with Crippen LogP contribution in [0.3, 0.4) is 0 Å². The van der Waals surface area contributed by atoms with E-state index in [0.29, 0.717) is 17.5 Å². The summed E-state index contributed by atoms with van der Waals surface area (Å²) in [7, 11) is 0. The summed E-state index contributed by atoms with van der Waals surface area (Å²) >= 11 is 0. The summed E-state index contributed by atoms with van der Waals surface area (Å²) in [5.41, 5.74) is 0.571. The van der Waals surface area contributed by atoms with E-state index in [2.05, 4.69) is 34.4 Å². The molecule has 0 spiro atoms. The molecule has 1 amide bonds. The number of aliphatic imine (C=N–C) groups is 1. The summed E-state index contributed by atoms with van der Waals surface area (Å²) in [6, 6.07) is 5.71. The third-order valence-corrected chi connectivity index (χ3v) is 4.00. The van der Waals surface area contributed by atoms with Crippen LogP contribution in [0, 0.1) is 17.7 Å². The van der Waals surface area contributed by atoms with E-state index in [0.717, 1.165) is 25.6 Å². The van der Waals surface area contributed by atoms with Crippen LogP contribution in [0.4, 0.5) is 10.1 Å². The Morgan fingerprint density at radius 3 is 2.46 bits per heavy atom. The number of piperidine rings is 1. The quantitative estimate of drug-likeness (QED) is 0.657. The molecule has 1 aromatic carbocycles. The Hall–Kier alpha value is -2.11. The van der Waals surface area contributed by atoms with E-state index in [1.807, 2.05) is 6.92 Å². The van der Waals surface area contributed by atoms with Gasteiger partial charge in [-0.2, -0.15) is 0 Å². The first-order valence-corrected chi connectivity index (χ1v) is 8.56. The summed E-state index contributed by atoms with van der Waals surface area (Å²) in [5.74, 6) is 1.48. The molecule has 2 N–H and O–H groups in total. The monoisotopic (exact) mass is 334 g/mol. The van der Waals surface area contributed by atoms with Crippen LogP contribution >= 0.6 is 0 Å². The number of carbonyl (C=O) groups is 1. The maximum Gasteiger partial charge on any atom is 0.246 e. The minimum absolute atomic E-state index is 0.0406. The number of nitrogens with zero attached hydrogens (tertiary/aromatic N) is 2. The summed E-state index contributed by atoms with van der Waals surface area (Å²) < 4.78 is 12.9. The van der Waals surface area contributed by atoms with Crippen molar-refractivity contribution >= 4 is 17.6 Å². The van der Waals surface area contributed by atoms with Gasteiger partial charge >= 0.3 is 0 Å². The molecule has 0 saturated carbocycles. The molecule has 1 aromatic rings. The average Bonchev–Trinajstić information content (AvgIpc) is 2.52. The zero-order chi connectivity index (χ0) is 17.5. The minimum atomic E-state index is -0.325. The molecule has 1 aliphatic heterocycles. The van der Waals surface area contributed by atoms with E-state index in [-0.39, 0.29) is 18.3 Å². The maximum atomic E-state index is 12.9. The van der Waals surface area contributed by atoms with Gasteiger partial charge in [-0.25, -0.2) is 9.38 Å². The van der Waals surface area contributed by atoms with Gasteiger partial charge in [-0.1, -0.05) is 13.8 Å². The number of anilines is 1. The van der Waals surface area contributed by atoms with Crippen molar-refractivity contribution in [3.05, 3.63) is 30.1 Å². The Labute approximate surface area is 143 Å². The van der Waals surface area contributed by atoms with Gasteiger partial charge in [-0.3, -0.25) is 4.79 Å². The molecule has 5 nitrogen and oxygen atoms in total. The Kier molecular flexibility index (Phi) is 6.58. The van der Waals surface area contributed by atoms with Crippen molar-refractivity contribution in [1.82, 2.24) is 10.2 Å². The van der Waals surface area contributed by atoms with Crippen molar-refractivity contribution in [2.24, 2.45) is 16.8 Å². The lowest BCUT2D eigenvalue weighted by atomic mass is 9.92. The van der Waals surface area contributed by atoms with Crippen LogP contribution in [0.25, 0.3) is 0 Å². The van der Waals surface area contributed by atoms with Gasteiger partial charge in [-0.15, -0.1) is 0 Å². The largest absolute Gasteiger partial charge is 0.357 e. The molecule has 0 bridgehead atoms. The number of rotatable bonds is 4.